The highest BCUT2D eigenvalue weighted by atomic mass is 19.3. The van der Waals surface area contributed by atoms with Crippen LogP contribution in [0.4, 0.5) is 8.78 Å². The maximum absolute atomic E-state index is 13.3. The summed E-state index contributed by atoms with van der Waals surface area (Å²) in [7, 11) is 1.75. The number of rotatable bonds is 2. The van der Waals surface area contributed by atoms with E-state index in [0.29, 0.717) is 17.5 Å². The maximum Gasteiger partial charge on any atom is 0.263 e. The molecule has 0 aromatic carbocycles. The predicted molar refractivity (Wildman–Crippen MR) is 116 cm³/mol. The minimum Gasteiger partial charge on any atom is -0.307 e. The van der Waals surface area contributed by atoms with Gasteiger partial charge in [-0.25, -0.2) is 8.78 Å². The van der Waals surface area contributed by atoms with Crippen LogP contribution < -0.4 is 5.32 Å². The molecular formula is C23H48F2N2. The quantitative estimate of drug-likeness (QED) is 0.582. The number of alkyl halides is 2. The van der Waals surface area contributed by atoms with E-state index in [1.807, 2.05) is 27.7 Å². The van der Waals surface area contributed by atoms with Crippen molar-refractivity contribution in [2.24, 2.45) is 23.7 Å². The fraction of sp³-hybridized carbons (Fsp3) is 1.00. The van der Waals surface area contributed by atoms with Crippen molar-refractivity contribution in [2.45, 2.75) is 106 Å². The van der Waals surface area contributed by atoms with Gasteiger partial charge in [-0.05, 0) is 78.3 Å². The summed E-state index contributed by atoms with van der Waals surface area (Å²) in [5.41, 5.74) is 0.632. The molecule has 1 atom stereocenters. The highest BCUT2D eigenvalue weighted by Gasteiger charge is 2.44. The van der Waals surface area contributed by atoms with Gasteiger partial charge in [-0.3, -0.25) is 0 Å². The molecule has 0 amide bonds. The molecule has 0 saturated carbocycles. The summed E-state index contributed by atoms with van der Waals surface area (Å²) in [5, 5.41) is 3.72. The molecule has 2 aliphatic heterocycles. The van der Waals surface area contributed by atoms with Crippen LogP contribution in [0.1, 0.15) is 88.5 Å². The van der Waals surface area contributed by atoms with Gasteiger partial charge in [0.05, 0.1) is 6.54 Å². The van der Waals surface area contributed by atoms with Crippen LogP contribution in [0.3, 0.4) is 0 Å². The molecule has 0 aliphatic carbocycles. The molecule has 2 aliphatic rings. The van der Waals surface area contributed by atoms with Crippen LogP contribution in [-0.2, 0) is 0 Å². The van der Waals surface area contributed by atoms with Gasteiger partial charge in [0.2, 0.25) is 0 Å². The molecular weight excluding hydrogens is 342 g/mol. The molecule has 0 aromatic rings. The Morgan fingerprint density at radius 2 is 1.33 bits per heavy atom. The predicted octanol–water partition coefficient (Wildman–Crippen LogP) is 6.45. The maximum atomic E-state index is 13.3. The highest BCUT2D eigenvalue weighted by molar-refractivity contribution is 4.97. The lowest BCUT2D eigenvalue weighted by atomic mass is 9.72. The highest BCUT2D eigenvalue weighted by Crippen LogP contribution is 2.37. The summed E-state index contributed by atoms with van der Waals surface area (Å²) in [6.07, 6.45) is 3.25. The number of halogens is 2. The Balaban J connectivity index is 0.000000460. The first-order chi connectivity index (χ1) is 12.2. The van der Waals surface area contributed by atoms with Gasteiger partial charge < -0.3 is 10.2 Å². The van der Waals surface area contributed by atoms with Crippen LogP contribution in [0.25, 0.3) is 0 Å². The molecule has 0 aromatic heterocycles. The van der Waals surface area contributed by atoms with E-state index in [1.165, 1.54) is 12.8 Å². The molecule has 2 saturated heterocycles. The molecule has 2 rings (SSSR count). The van der Waals surface area contributed by atoms with Crippen LogP contribution >= 0.6 is 0 Å². The number of likely N-dealkylation sites (tertiary alicyclic amines) is 1. The molecule has 4 heteroatoms. The van der Waals surface area contributed by atoms with E-state index >= 15 is 0 Å². The van der Waals surface area contributed by atoms with Crippen LogP contribution in [0, 0.1) is 23.7 Å². The first-order valence-corrected chi connectivity index (χ1v) is 11.0. The van der Waals surface area contributed by atoms with Crippen LogP contribution in [0.5, 0.6) is 0 Å². The zero-order valence-corrected chi connectivity index (χ0v) is 20.0. The van der Waals surface area contributed by atoms with Gasteiger partial charge >= 0.3 is 0 Å². The van der Waals surface area contributed by atoms with Crippen molar-refractivity contribution in [1.29, 1.82) is 0 Å². The van der Waals surface area contributed by atoms with E-state index in [-0.39, 0.29) is 12.5 Å². The molecule has 1 N–H and O–H groups in total. The molecule has 2 heterocycles. The summed E-state index contributed by atoms with van der Waals surface area (Å²) in [5.74, 6) is -1.12. The molecule has 2 fully saturated rings. The van der Waals surface area contributed by atoms with E-state index in [0.717, 1.165) is 18.4 Å². The van der Waals surface area contributed by atoms with Crippen molar-refractivity contribution < 1.29 is 8.78 Å². The number of hydrogen-bond donors (Lipinski definition) is 1. The minimum absolute atomic E-state index is 0.0736. The van der Waals surface area contributed by atoms with E-state index in [9.17, 15) is 8.78 Å². The minimum atomic E-state index is -2.48. The van der Waals surface area contributed by atoms with Gasteiger partial charge in [0.25, 0.3) is 5.92 Å². The second-order valence-corrected chi connectivity index (χ2v) is 10.4. The van der Waals surface area contributed by atoms with E-state index in [1.54, 1.807) is 11.9 Å². The second kappa shape index (κ2) is 10.5. The Morgan fingerprint density at radius 3 is 1.67 bits per heavy atom. The summed E-state index contributed by atoms with van der Waals surface area (Å²) in [4.78, 5) is 1.71. The van der Waals surface area contributed by atoms with E-state index < -0.39 is 11.8 Å². The Kier molecular flexibility index (Phi) is 10.4. The van der Waals surface area contributed by atoms with Crippen molar-refractivity contribution in [2.75, 3.05) is 20.1 Å². The Labute approximate surface area is 168 Å². The van der Waals surface area contributed by atoms with Crippen LogP contribution in [0.15, 0.2) is 0 Å². The fourth-order valence-electron chi connectivity index (χ4n) is 4.82. The summed E-state index contributed by atoms with van der Waals surface area (Å²) in [6.45, 7) is 22.5. The molecule has 1 unspecified atom stereocenters. The van der Waals surface area contributed by atoms with Gasteiger partial charge in [0.1, 0.15) is 0 Å². The third-order valence-electron chi connectivity index (χ3n) is 5.81. The summed E-state index contributed by atoms with van der Waals surface area (Å²) in [6, 6.07) is 0. The van der Waals surface area contributed by atoms with Gasteiger partial charge in [-0.2, -0.15) is 0 Å². The van der Waals surface area contributed by atoms with Gasteiger partial charge in [-0.1, -0.05) is 41.5 Å². The average Bonchev–Trinajstić information content (AvgIpc) is 2.45. The third kappa shape index (κ3) is 9.21. The monoisotopic (exact) mass is 390 g/mol. The first kappa shape index (κ1) is 26.8. The Bertz CT molecular complexity index is 401. The van der Waals surface area contributed by atoms with Crippen molar-refractivity contribution in [3.05, 3.63) is 0 Å². The van der Waals surface area contributed by atoms with E-state index in [2.05, 4.69) is 46.9 Å². The topological polar surface area (TPSA) is 15.3 Å². The fourth-order valence-corrected chi connectivity index (χ4v) is 4.82. The van der Waals surface area contributed by atoms with Gasteiger partial charge in [0, 0.05) is 17.0 Å². The zero-order valence-electron chi connectivity index (χ0n) is 20.0. The summed E-state index contributed by atoms with van der Waals surface area (Å²) < 4.78 is 26.7. The zero-order chi connectivity index (χ0) is 21.6. The molecule has 27 heavy (non-hydrogen) atoms. The third-order valence-corrected chi connectivity index (χ3v) is 5.81. The van der Waals surface area contributed by atoms with Crippen LogP contribution in [0.2, 0.25) is 0 Å². The smallest absolute Gasteiger partial charge is 0.263 e. The average molecular weight is 391 g/mol. The number of nitrogens with zero attached hydrogens (tertiary/aromatic N) is 1. The number of nitrogens with one attached hydrogen (secondary N) is 1. The SMILES string of the molecule is CC.CC(C)C1CC(C)(C)NC(C)(C)C1.CC(C)C1CCN(C)CC1(F)F. The normalized spacial score (nSPS) is 27.4. The standard InChI is InChI=1S/C12H25N.C9H17F2N.C2H6/c1-9(2)10-7-11(3,4)13-12(5,6)8-10;1-7(2)8-4-5-12(3)6-9(8,10)11;1-2/h9-10,13H,7-8H2,1-6H3;7-8H,4-6H2,1-3H3;1-2H3. The van der Waals surface area contributed by atoms with Crippen molar-refractivity contribution in [3.63, 3.8) is 0 Å². The first-order valence-electron chi connectivity index (χ1n) is 11.0. The molecule has 0 bridgehead atoms. The molecule has 164 valence electrons. The number of hydrogen-bond acceptors (Lipinski definition) is 2. The molecule has 0 spiro atoms. The Morgan fingerprint density at radius 1 is 0.889 bits per heavy atom. The second-order valence-electron chi connectivity index (χ2n) is 10.4. The van der Waals surface area contributed by atoms with E-state index in [4.69, 9.17) is 0 Å². The lowest BCUT2D eigenvalue weighted by molar-refractivity contribution is -0.119. The summed E-state index contributed by atoms with van der Waals surface area (Å²) >= 11 is 0. The van der Waals surface area contributed by atoms with Gasteiger partial charge in [0.15, 0.2) is 0 Å². The largest absolute Gasteiger partial charge is 0.307 e. The molecule has 0 radical (unpaired) electrons. The van der Waals surface area contributed by atoms with Crippen molar-refractivity contribution >= 4 is 0 Å². The van der Waals surface area contributed by atoms with Crippen molar-refractivity contribution in [1.82, 2.24) is 10.2 Å². The van der Waals surface area contributed by atoms with Gasteiger partial charge in [-0.15, -0.1) is 0 Å². The lowest BCUT2D eigenvalue weighted by Gasteiger charge is -2.47. The number of piperidine rings is 2. The Hall–Kier alpha value is -0.220. The molecule has 2 nitrogen and oxygen atoms in total. The van der Waals surface area contributed by atoms with Crippen LogP contribution in [-0.4, -0.2) is 42.0 Å². The lowest BCUT2D eigenvalue weighted by Crippen LogP contribution is -2.58. The van der Waals surface area contributed by atoms with Crippen molar-refractivity contribution in [3.8, 4) is 0 Å².